The van der Waals surface area contributed by atoms with Crippen molar-refractivity contribution in [2.24, 2.45) is 0 Å². The second kappa shape index (κ2) is 6.98. The molecule has 0 radical (unpaired) electrons. The highest BCUT2D eigenvalue weighted by molar-refractivity contribution is 7.10. The molecule has 1 amide bonds. The molecule has 3 aromatic rings. The topological polar surface area (TPSA) is 40.5 Å². The number of benzene rings is 1. The van der Waals surface area contributed by atoms with E-state index in [1.807, 2.05) is 41.9 Å². The van der Waals surface area contributed by atoms with E-state index in [0.717, 1.165) is 15.3 Å². The lowest BCUT2D eigenvalue weighted by Crippen LogP contribution is -2.29. The van der Waals surface area contributed by atoms with Crippen molar-refractivity contribution >= 4 is 28.6 Å². The first-order valence-corrected chi connectivity index (χ1v) is 9.03. The normalized spacial score (nSPS) is 10.7. The van der Waals surface area contributed by atoms with Gasteiger partial charge in [-0.3, -0.25) is 4.79 Å². The maximum atomic E-state index is 12.9. The molecule has 0 saturated carbocycles. The van der Waals surface area contributed by atoms with Gasteiger partial charge < -0.3 is 10.0 Å². The molecule has 0 aliphatic carbocycles. The third-order valence-corrected chi connectivity index (χ3v) is 5.25. The number of carbonyl (C=O) groups excluding carboxylic acids is 1. The molecule has 0 unspecified atom stereocenters. The average molecular weight is 343 g/mol. The summed E-state index contributed by atoms with van der Waals surface area (Å²) in [6.07, 6.45) is 0. The summed E-state index contributed by atoms with van der Waals surface area (Å²) in [6.45, 7) is 3.00. The number of phenols is 1. The molecule has 2 aromatic heterocycles. The number of aryl methyl sites for hydroxylation is 1. The van der Waals surface area contributed by atoms with Gasteiger partial charge in [-0.15, -0.1) is 22.7 Å². The molecule has 0 bridgehead atoms. The lowest BCUT2D eigenvalue weighted by molar-refractivity contribution is 0.0730. The third kappa shape index (κ3) is 3.81. The monoisotopic (exact) mass is 343 g/mol. The average Bonchev–Trinajstić information content (AvgIpc) is 3.22. The molecule has 0 spiro atoms. The summed E-state index contributed by atoms with van der Waals surface area (Å²) in [5.74, 6) is -0.115. The third-order valence-electron chi connectivity index (χ3n) is 3.52. The predicted octanol–water partition coefficient (Wildman–Crippen LogP) is 4.67. The number of nitrogens with zero attached hydrogens (tertiary/aromatic N) is 1. The molecule has 0 fully saturated rings. The van der Waals surface area contributed by atoms with Crippen LogP contribution in [-0.4, -0.2) is 15.9 Å². The predicted molar refractivity (Wildman–Crippen MR) is 95.1 cm³/mol. The fraction of sp³-hybridized carbons (Fsp3) is 0.167. The summed E-state index contributed by atoms with van der Waals surface area (Å²) in [5.41, 5.74) is 1.32. The van der Waals surface area contributed by atoms with Crippen molar-refractivity contribution in [2.45, 2.75) is 20.0 Å². The van der Waals surface area contributed by atoms with E-state index in [4.69, 9.17) is 0 Å². The minimum atomic E-state index is -0.145. The van der Waals surface area contributed by atoms with Crippen LogP contribution < -0.4 is 0 Å². The molecule has 23 heavy (non-hydrogen) atoms. The van der Waals surface area contributed by atoms with Gasteiger partial charge in [-0.05, 0) is 41.9 Å². The number of hydrogen-bond donors (Lipinski definition) is 1. The summed E-state index contributed by atoms with van der Waals surface area (Å²) in [5, 5.41) is 14.1. The molecule has 0 atom stereocenters. The molecule has 1 N–H and O–H groups in total. The Labute approximate surface area is 143 Å². The second-order valence-corrected chi connectivity index (χ2v) is 7.41. The van der Waals surface area contributed by atoms with E-state index in [9.17, 15) is 9.90 Å². The molecule has 118 valence electrons. The van der Waals surface area contributed by atoms with Gasteiger partial charge >= 0.3 is 0 Å². The number of aromatic hydroxyl groups is 1. The minimum Gasteiger partial charge on any atom is -0.507 e. The van der Waals surface area contributed by atoms with Crippen LogP contribution in [0.3, 0.4) is 0 Å². The van der Waals surface area contributed by atoms with Crippen LogP contribution in [0.25, 0.3) is 0 Å². The summed E-state index contributed by atoms with van der Waals surface area (Å²) in [6, 6.07) is 13.1. The molecule has 0 aliphatic heterocycles. The molecule has 0 aliphatic rings. The Balaban J connectivity index is 1.89. The van der Waals surface area contributed by atoms with Crippen LogP contribution in [-0.2, 0) is 13.1 Å². The van der Waals surface area contributed by atoms with Crippen LogP contribution in [0, 0.1) is 6.92 Å². The van der Waals surface area contributed by atoms with Crippen molar-refractivity contribution in [1.82, 2.24) is 4.90 Å². The van der Waals surface area contributed by atoms with E-state index in [2.05, 4.69) is 0 Å². The van der Waals surface area contributed by atoms with Gasteiger partial charge in [-0.2, -0.15) is 0 Å². The molecule has 1 aromatic carbocycles. The Bertz CT molecular complexity index is 743. The number of carbonyl (C=O) groups is 1. The fourth-order valence-corrected chi connectivity index (χ4v) is 3.81. The van der Waals surface area contributed by atoms with E-state index in [1.54, 1.807) is 45.8 Å². The van der Waals surface area contributed by atoms with Gasteiger partial charge in [-0.25, -0.2) is 0 Å². The maximum Gasteiger partial charge on any atom is 0.258 e. The van der Waals surface area contributed by atoms with Crippen LogP contribution in [0.5, 0.6) is 5.75 Å². The molecule has 3 rings (SSSR count). The van der Waals surface area contributed by atoms with Crippen molar-refractivity contribution in [2.75, 3.05) is 0 Å². The van der Waals surface area contributed by atoms with E-state index in [-0.39, 0.29) is 11.7 Å². The highest BCUT2D eigenvalue weighted by Gasteiger charge is 2.20. The minimum absolute atomic E-state index is 0.0305. The summed E-state index contributed by atoms with van der Waals surface area (Å²) >= 11 is 3.26. The van der Waals surface area contributed by atoms with Gasteiger partial charge in [0.05, 0.1) is 18.7 Å². The SMILES string of the molecule is Cc1ccc(O)c(C(=O)N(Cc2cccs2)Cc2cccs2)c1. The lowest BCUT2D eigenvalue weighted by Gasteiger charge is -2.22. The van der Waals surface area contributed by atoms with Gasteiger partial charge in [0.25, 0.3) is 5.91 Å². The highest BCUT2D eigenvalue weighted by Crippen LogP contribution is 2.24. The number of thiophene rings is 2. The quantitative estimate of drug-likeness (QED) is 0.731. The molecular formula is C18H17NO2S2. The zero-order chi connectivity index (χ0) is 16.2. The Kier molecular flexibility index (Phi) is 4.79. The lowest BCUT2D eigenvalue weighted by atomic mass is 10.1. The van der Waals surface area contributed by atoms with Crippen LogP contribution in [0.4, 0.5) is 0 Å². The molecule has 3 nitrogen and oxygen atoms in total. The van der Waals surface area contributed by atoms with Gasteiger partial charge in [-0.1, -0.05) is 23.8 Å². The van der Waals surface area contributed by atoms with Crippen LogP contribution >= 0.6 is 22.7 Å². The van der Waals surface area contributed by atoms with E-state index >= 15 is 0 Å². The fourth-order valence-electron chi connectivity index (χ4n) is 2.37. The Morgan fingerprint density at radius 2 is 1.65 bits per heavy atom. The van der Waals surface area contributed by atoms with Gasteiger partial charge in [0.1, 0.15) is 5.75 Å². The Hall–Kier alpha value is -2.11. The molecule has 5 heteroatoms. The van der Waals surface area contributed by atoms with Gasteiger partial charge in [0.15, 0.2) is 0 Å². The van der Waals surface area contributed by atoms with Crippen LogP contribution in [0.1, 0.15) is 25.7 Å². The van der Waals surface area contributed by atoms with Crippen molar-refractivity contribution < 1.29 is 9.90 Å². The summed E-state index contributed by atoms with van der Waals surface area (Å²) in [7, 11) is 0. The van der Waals surface area contributed by atoms with E-state index < -0.39 is 0 Å². The summed E-state index contributed by atoms with van der Waals surface area (Å²) in [4.78, 5) is 17.0. The van der Waals surface area contributed by atoms with Gasteiger partial charge in [0, 0.05) is 9.75 Å². The Morgan fingerprint density at radius 3 is 2.17 bits per heavy atom. The zero-order valence-corrected chi connectivity index (χ0v) is 14.4. The molecule has 0 saturated heterocycles. The smallest absolute Gasteiger partial charge is 0.258 e. The summed E-state index contributed by atoms with van der Waals surface area (Å²) < 4.78 is 0. The van der Waals surface area contributed by atoms with Crippen LogP contribution in [0.15, 0.2) is 53.2 Å². The van der Waals surface area contributed by atoms with Crippen LogP contribution in [0.2, 0.25) is 0 Å². The van der Waals surface area contributed by atoms with Gasteiger partial charge in [0.2, 0.25) is 0 Å². The van der Waals surface area contributed by atoms with Crippen molar-refractivity contribution in [1.29, 1.82) is 0 Å². The highest BCUT2D eigenvalue weighted by atomic mass is 32.1. The first-order chi connectivity index (χ1) is 11.1. The number of amides is 1. The molecular weight excluding hydrogens is 326 g/mol. The number of hydrogen-bond acceptors (Lipinski definition) is 4. The zero-order valence-electron chi connectivity index (χ0n) is 12.7. The van der Waals surface area contributed by atoms with E-state index in [1.165, 1.54) is 0 Å². The number of rotatable bonds is 5. The van der Waals surface area contributed by atoms with Crippen molar-refractivity contribution in [3.63, 3.8) is 0 Å². The largest absolute Gasteiger partial charge is 0.507 e. The van der Waals surface area contributed by atoms with Crippen molar-refractivity contribution in [3.8, 4) is 5.75 Å². The number of phenolic OH excluding ortho intramolecular Hbond substituents is 1. The standard InChI is InChI=1S/C18H17NO2S2/c1-13-6-7-17(20)16(10-13)18(21)19(11-14-4-2-8-22-14)12-15-5-3-9-23-15/h2-10,20H,11-12H2,1H3. The maximum absolute atomic E-state index is 12.9. The van der Waals surface area contributed by atoms with Crippen molar-refractivity contribution in [3.05, 3.63) is 74.1 Å². The first kappa shape index (κ1) is 15.8. The van der Waals surface area contributed by atoms with E-state index in [0.29, 0.717) is 18.7 Å². The Morgan fingerprint density at radius 1 is 1.04 bits per heavy atom. The molecule has 2 heterocycles. The second-order valence-electron chi connectivity index (χ2n) is 5.34. The first-order valence-electron chi connectivity index (χ1n) is 7.27.